The molecule has 4 heterocycles. The molecule has 4 rings (SSSR count). The molecule has 0 saturated heterocycles. The molecule has 0 aromatic carbocycles. The Morgan fingerprint density at radius 3 is 2.82 bits per heavy atom. The van der Waals surface area contributed by atoms with Crippen LogP contribution in [0.25, 0.3) is 22.2 Å². The number of nitrogens with zero attached hydrogens (tertiary/aromatic N) is 5. The summed E-state index contributed by atoms with van der Waals surface area (Å²) >= 11 is 1.54. The first kappa shape index (κ1) is 12.9. The number of aromatic nitrogens is 5. The molecule has 1 N–H and O–H groups in total. The molecule has 6 nitrogen and oxygen atoms in total. The van der Waals surface area contributed by atoms with E-state index in [1.807, 2.05) is 49.2 Å². The maximum Gasteiger partial charge on any atom is 0.188 e. The molecule has 0 amide bonds. The number of anilines is 2. The lowest BCUT2D eigenvalue weighted by molar-refractivity contribution is 0.768. The fourth-order valence-corrected chi connectivity index (χ4v) is 2.73. The van der Waals surface area contributed by atoms with Gasteiger partial charge in [0.15, 0.2) is 5.13 Å². The highest BCUT2D eigenvalue weighted by Gasteiger charge is 2.05. The Kier molecular flexibility index (Phi) is 3.05. The maximum atomic E-state index is 4.61. The van der Waals surface area contributed by atoms with E-state index in [0.29, 0.717) is 0 Å². The molecule has 0 fully saturated rings. The number of nitrogens with one attached hydrogen (secondary N) is 1. The highest BCUT2D eigenvalue weighted by atomic mass is 32.1. The quantitative estimate of drug-likeness (QED) is 0.629. The summed E-state index contributed by atoms with van der Waals surface area (Å²) in [5.41, 5.74) is 3.72. The van der Waals surface area contributed by atoms with Gasteiger partial charge in [0.1, 0.15) is 5.82 Å². The minimum atomic E-state index is 0.757. The molecule has 0 bridgehead atoms. The summed E-state index contributed by atoms with van der Waals surface area (Å²) in [6.45, 7) is 0. The fourth-order valence-electron chi connectivity index (χ4n) is 2.20. The Balaban J connectivity index is 1.74. The van der Waals surface area contributed by atoms with Crippen LogP contribution < -0.4 is 5.32 Å². The van der Waals surface area contributed by atoms with E-state index >= 15 is 0 Å². The van der Waals surface area contributed by atoms with Crippen molar-refractivity contribution in [3.63, 3.8) is 0 Å². The van der Waals surface area contributed by atoms with Gasteiger partial charge in [-0.25, -0.2) is 9.97 Å². The van der Waals surface area contributed by atoms with E-state index < -0.39 is 0 Å². The van der Waals surface area contributed by atoms with Crippen LogP contribution in [0.15, 0.2) is 48.4 Å². The SMILES string of the molecule is Cn1cc(-c2cnc3ccc(Nc4nccs4)nc3c2)cn1. The second-order valence-electron chi connectivity index (χ2n) is 4.82. The van der Waals surface area contributed by atoms with Crippen LogP contribution in [0.2, 0.25) is 0 Å². The van der Waals surface area contributed by atoms with Crippen molar-refractivity contribution >= 4 is 33.3 Å². The zero-order chi connectivity index (χ0) is 14.9. The lowest BCUT2D eigenvalue weighted by Crippen LogP contribution is -1.94. The van der Waals surface area contributed by atoms with Crippen LogP contribution >= 0.6 is 11.3 Å². The molecule has 22 heavy (non-hydrogen) atoms. The monoisotopic (exact) mass is 308 g/mol. The van der Waals surface area contributed by atoms with Gasteiger partial charge in [-0.15, -0.1) is 11.3 Å². The predicted molar refractivity (Wildman–Crippen MR) is 87.1 cm³/mol. The first-order valence-corrected chi connectivity index (χ1v) is 7.58. The van der Waals surface area contributed by atoms with E-state index in [-0.39, 0.29) is 0 Å². The van der Waals surface area contributed by atoms with Gasteiger partial charge in [-0.1, -0.05) is 0 Å². The number of fused-ring (bicyclic) bond motifs is 1. The molecule has 0 atom stereocenters. The predicted octanol–water partition coefficient (Wildman–Crippen LogP) is 3.23. The van der Waals surface area contributed by atoms with E-state index in [1.54, 1.807) is 10.9 Å². The molecule has 0 saturated carbocycles. The highest BCUT2D eigenvalue weighted by molar-refractivity contribution is 7.13. The number of aryl methyl sites for hydroxylation is 1. The van der Waals surface area contributed by atoms with E-state index in [9.17, 15) is 0 Å². The molecule has 0 spiro atoms. The number of rotatable bonds is 3. The van der Waals surface area contributed by atoms with E-state index in [2.05, 4.69) is 25.4 Å². The molecule has 4 aromatic heterocycles. The van der Waals surface area contributed by atoms with Crippen molar-refractivity contribution in [2.45, 2.75) is 0 Å². The Morgan fingerprint density at radius 2 is 2.05 bits per heavy atom. The van der Waals surface area contributed by atoms with Crippen LogP contribution in [-0.2, 0) is 7.05 Å². The fraction of sp³-hybridized carbons (Fsp3) is 0.0667. The normalized spacial score (nSPS) is 11.0. The van der Waals surface area contributed by atoms with Crippen molar-refractivity contribution in [1.29, 1.82) is 0 Å². The van der Waals surface area contributed by atoms with Gasteiger partial charge in [-0.05, 0) is 18.2 Å². The maximum absolute atomic E-state index is 4.61. The second kappa shape index (κ2) is 5.19. The summed E-state index contributed by atoms with van der Waals surface area (Å²) < 4.78 is 1.77. The van der Waals surface area contributed by atoms with Crippen molar-refractivity contribution in [2.75, 3.05) is 5.32 Å². The van der Waals surface area contributed by atoms with Crippen LogP contribution in [0.1, 0.15) is 0 Å². The van der Waals surface area contributed by atoms with Gasteiger partial charge in [-0.2, -0.15) is 5.10 Å². The average Bonchev–Trinajstić information content (AvgIpc) is 3.18. The molecular weight excluding hydrogens is 296 g/mol. The lowest BCUT2D eigenvalue weighted by Gasteiger charge is -2.04. The Bertz CT molecular complexity index is 928. The molecule has 0 aliphatic heterocycles. The van der Waals surface area contributed by atoms with Gasteiger partial charge in [0.05, 0.1) is 17.2 Å². The Morgan fingerprint density at radius 1 is 1.09 bits per heavy atom. The van der Waals surface area contributed by atoms with Crippen molar-refractivity contribution in [1.82, 2.24) is 24.7 Å². The molecule has 0 aliphatic carbocycles. The Hall–Kier alpha value is -2.80. The number of pyridine rings is 2. The standard InChI is InChI=1S/C15H12N6S/c1-21-9-11(8-18-21)10-6-13-12(17-7-10)2-3-14(19-13)20-15-16-4-5-22-15/h2-9H,1H3,(H,16,19,20). The van der Waals surface area contributed by atoms with Crippen LogP contribution in [0.5, 0.6) is 0 Å². The number of hydrogen-bond acceptors (Lipinski definition) is 6. The zero-order valence-electron chi connectivity index (χ0n) is 11.8. The summed E-state index contributed by atoms with van der Waals surface area (Å²) in [7, 11) is 1.90. The topological polar surface area (TPSA) is 68.5 Å². The molecule has 0 aliphatic rings. The minimum Gasteiger partial charge on any atom is -0.316 e. The van der Waals surface area contributed by atoms with Gasteiger partial charge >= 0.3 is 0 Å². The average molecular weight is 308 g/mol. The highest BCUT2D eigenvalue weighted by Crippen LogP contribution is 2.23. The minimum absolute atomic E-state index is 0.757. The van der Waals surface area contributed by atoms with Crippen LogP contribution in [0.4, 0.5) is 10.9 Å². The van der Waals surface area contributed by atoms with Gasteiger partial charge < -0.3 is 5.32 Å². The molecule has 0 radical (unpaired) electrons. The van der Waals surface area contributed by atoms with Crippen molar-refractivity contribution < 1.29 is 0 Å². The smallest absolute Gasteiger partial charge is 0.188 e. The Labute approximate surface area is 130 Å². The number of hydrogen-bond donors (Lipinski definition) is 1. The largest absolute Gasteiger partial charge is 0.316 e. The molecule has 4 aromatic rings. The molecular formula is C15H12N6S. The second-order valence-corrected chi connectivity index (χ2v) is 5.72. The molecule has 7 heteroatoms. The van der Waals surface area contributed by atoms with E-state index in [0.717, 1.165) is 33.1 Å². The number of thiazole rings is 1. The van der Waals surface area contributed by atoms with Crippen LogP contribution in [-0.4, -0.2) is 24.7 Å². The molecule has 0 unspecified atom stereocenters. The first-order chi connectivity index (χ1) is 10.8. The summed E-state index contributed by atoms with van der Waals surface area (Å²) in [6.07, 6.45) is 7.38. The van der Waals surface area contributed by atoms with Crippen molar-refractivity contribution in [3.05, 3.63) is 48.4 Å². The zero-order valence-corrected chi connectivity index (χ0v) is 12.6. The van der Waals surface area contributed by atoms with Crippen molar-refractivity contribution in [3.8, 4) is 11.1 Å². The summed E-state index contributed by atoms with van der Waals surface area (Å²) in [4.78, 5) is 13.3. The van der Waals surface area contributed by atoms with Crippen LogP contribution in [0, 0.1) is 0 Å². The van der Waals surface area contributed by atoms with Gasteiger partial charge in [0.2, 0.25) is 0 Å². The summed E-state index contributed by atoms with van der Waals surface area (Å²) in [6, 6.07) is 5.87. The van der Waals surface area contributed by atoms with E-state index in [4.69, 9.17) is 0 Å². The molecule has 108 valence electrons. The van der Waals surface area contributed by atoms with Crippen LogP contribution in [0.3, 0.4) is 0 Å². The third kappa shape index (κ3) is 2.42. The lowest BCUT2D eigenvalue weighted by atomic mass is 10.1. The van der Waals surface area contributed by atoms with Gasteiger partial charge in [0.25, 0.3) is 0 Å². The van der Waals surface area contributed by atoms with Crippen molar-refractivity contribution in [2.24, 2.45) is 7.05 Å². The summed E-state index contributed by atoms with van der Waals surface area (Å²) in [5.74, 6) is 0.757. The third-order valence-corrected chi connectivity index (χ3v) is 3.93. The summed E-state index contributed by atoms with van der Waals surface area (Å²) in [5, 5.41) is 10.1. The van der Waals surface area contributed by atoms with E-state index in [1.165, 1.54) is 11.3 Å². The van der Waals surface area contributed by atoms with Gasteiger partial charge in [-0.3, -0.25) is 9.67 Å². The van der Waals surface area contributed by atoms with Gasteiger partial charge in [0, 0.05) is 42.1 Å². The third-order valence-electron chi connectivity index (χ3n) is 3.24. The first-order valence-electron chi connectivity index (χ1n) is 6.70.